The van der Waals surface area contributed by atoms with Crippen LogP contribution < -0.4 is 5.73 Å². The molecule has 0 spiro atoms. The largest absolute Gasteiger partial charge is 0.390 e. The number of hydrogen-bond donors (Lipinski definition) is 3. The van der Waals surface area contributed by atoms with Crippen LogP contribution in [0.2, 0.25) is 0 Å². The summed E-state index contributed by atoms with van der Waals surface area (Å²) in [6.07, 6.45) is -1.82. The molecule has 5 heteroatoms. The molecule has 0 aromatic heterocycles. The maximum atomic E-state index is 9.78. The highest BCUT2D eigenvalue weighted by Gasteiger charge is 2.41. The van der Waals surface area contributed by atoms with E-state index in [-0.39, 0.29) is 12.0 Å². The van der Waals surface area contributed by atoms with E-state index in [0.717, 1.165) is 0 Å². The van der Waals surface area contributed by atoms with Crippen molar-refractivity contribution in [1.29, 1.82) is 0 Å². The van der Waals surface area contributed by atoms with Crippen LogP contribution in [0.5, 0.6) is 0 Å². The van der Waals surface area contributed by atoms with Gasteiger partial charge in [0.15, 0.2) is 6.29 Å². The van der Waals surface area contributed by atoms with Gasteiger partial charge in [-0.1, -0.05) is 13.8 Å². The van der Waals surface area contributed by atoms with Gasteiger partial charge in [0.05, 0.1) is 18.8 Å². The van der Waals surface area contributed by atoms with Gasteiger partial charge in [0.1, 0.15) is 6.10 Å². The fraction of sp³-hybridized carbons (Fsp3) is 1.00. The smallest absolute Gasteiger partial charge is 0.163 e. The molecule has 5 nitrogen and oxygen atoms in total. The summed E-state index contributed by atoms with van der Waals surface area (Å²) in [7, 11) is 0. The molecule has 5 atom stereocenters. The predicted octanol–water partition coefficient (Wildman–Crippen LogP) is -0.545. The van der Waals surface area contributed by atoms with Crippen molar-refractivity contribution >= 4 is 0 Å². The van der Waals surface area contributed by atoms with E-state index in [4.69, 9.17) is 15.2 Å². The van der Waals surface area contributed by atoms with E-state index in [0.29, 0.717) is 19.6 Å². The lowest BCUT2D eigenvalue weighted by Gasteiger charge is -2.41. The normalized spacial score (nSPS) is 41.8. The third-order valence-corrected chi connectivity index (χ3v) is 2.81. The average Bonchev–Trinajstić information content (AvgIpc) is 2.25. The lowest BCUT2D eigenvalue weighted by atomic mass is 9.91. The van der Waals surface area contributed by atoms with Crippen LogP contribution in [0.15, 0.2) is 0 Å². The highest BCUT2D eigenvalue weighted by molar-refractivity contribution is 4.86. The Labute approximate surface area is 90.2 Å². The summed E-state index contributed by atoms with van der Waals surface area (Å²) in [6.45, 7) is 4.51. The third-order valence-electron chi connectivity index (χ3n) is 2.81. The molecule has 1 rings (SSSR count). The van der Waals surface area contributed by atoms with E-state index in [2.05, 4.69) is 0 Å². The van der Waals surface area contributed by atoms with E-state index in [9.17, 15) is 10.2 Å². The Morgan fingerprint density at radius 1 is 1.33 bits per heavy atom. The van der Waals surface area contributed by atoms with Crippen molar-refractivity contribution in [3.8, 4) is 0 Å². The summed E-state index contributed by atoms with van der Waals surface area (Å²) in [5.41, 5.74) is 5.33. The molecule has 15 heavy (non-hydrogen) atoms. The van der Waals surface area contributed by atoms with Crippen molar-refractivity contribution in [3.05, 3.63) is 0 Å². The molecule has 4 N–H and O–H groups in total. The highest BCUT2D eigenvalue weighted by Crippen LogP contribution is 2.27. The summed E-state index contributed by atoms with van der Waals surface area (Å²) >= 11 is 0. The molecule has 1 aliphatic rings. The van der Waals surface area contributed by atoms with Crippen molar-refractivity contribution < 1.29 is 19.7 Å². The number of ether oxygens (including phenoxy) is 2. The maximum Gasteiger partial charge on any atom is 0.163 e. The molecule has 0 bridgehead atoms. The molecule has 0 aromatic carbocycles. The zero-order valence-corrected chi connectivity index (χ0v) is 9.30. The van der Waals surface area contributed by atoms with Crippen LogP contribution in [-0.2, 0) is 9.47 Å². The minimum atomic E-state index is -0.831. The van der Waals surface area contributed by atoms with Crippen molar-refractivity contribution in [3.63, 3.8) is 0 Å². The standard InChI is InChI=1S/C10H21NO4/c1-3-7-9(13)8(12)6(2)10(15-7)14-5-4-11/h6-10,12-13H,3-5,11H2,1-2H3. The van der Waals surface area contributed by atoms with E-state index < -0.39 is 18.5 Å². The summed E-state index contributed by atoms with van der Waals surface area (Å²) in [5, 5.41) is 19.5. The van der Waals surface area contributed by atoms with Crippen LogP contribution in [0.3, 0.4) is 0 Å². The topological polar surface area (TPSA) is 84.9 Å². The molecule has 1 fully saturated rings. The fourth-order valence-corrected chi connectivity index (χ4v) is 1.78. The van der Waals surface area contributed by atoms with E-state index >= 15 is 0 Å². The molecule has 90 valence electrons. The van der Waals surface area contributed by atoms with Gasteiger partial charge in [-0.25, -0.2) is 0 Å². The summed E-state index contributed by atoms with van der Waals surface area (Å²) < 4.78 is 10.9. The minimum Gasteiger partial charge on any atom is -0.390 e. The number of hydrogen-bond acceptors (Lipinski definition) is 5. The zero-order valence-electron chi connectivity index (χ0n) is 9.30. The first-order chi connectivity index (χ1) is 7.11. The SMILES string of the molecule is CCC1OC(OCCN)C(C)C(O)C1O. The second kappa shape index (κ2) is 5.77. The lowest BCUT2D eigenvalue weighted by molar-refractivity contribution is -0.276. The lowest BCUT2D eigenvalue weighted by Crippen LogP contribution is -2.54. The molecule has 0 saturated carbocycles. The van der Waals surface area contributed by atoms with Crippen LogP contribution in [-0.4, -0.2) is 48.0 Å². The summed E-state index contributed by atoms with van der Waals surface area (Å²) in [6, 6.07) is 0. The molecule has 0 aliphatic carbocycles. The Bertz CT molecular complexity index is 188. The fourth-order valence-electron chi connectivity index (χ4n) is 1.78. The molecular formula is C10H21NO4. The first-order valence-electron chi connectivity index (χ1n) is 5.45. The quantitative estimate of drug-likeness (QED) is 0.591. The number of rotatable bonds is 4. The van der Waals surface area contributed by atoms with Crippen molar-refractivity contribution in [1.82, 2.24) is 0 Å². The molecule has 1 saturated heterocycles. The van der Waals surface area contributed by atoms with Crippen molar-refractivity contribution in [2.45, 2.75) is 44.9 Å². The third kappa shape index (κ3) is 2.89. The predicted molar refractivity (Wildman–Crippen MR) is 55.1 cm³/mol. The summed E-state index contributed by atoms with van der Waals surface area (Å²) in [4.78, 5) is 0. The van der Waals surface area contributed by atoms with E-state index in [1.165, 1.54) is 0 Å². The van der Waals surface area contributed by atoms with E-state index in [1.807, 2.05) is 6.92 Å². The van der Waals surface area contributed by atoms with Crippen LogP contribution in [0.25, 0.3) is 0 Å². The average molecular weight is 219 g/mol. The molecule has 0 amide bonds. The van der Waals surface area contributed by atoms with Gasteiger partial charge in [0, 0.05) is 12.5 Å². The Morgan fingerprint density at radius 2 is 2.00 bits per heavy atom. The van der Waals surface area contributed by atoms with Crippen LogP contribution in [0.4, 0.5) is 0 Å². The van der Waals surface area contributed by atoms with Crippen molar-refractivity contribution in [2.75, 3.05) is 13.2 Å². The monoisotopic (exact) mass is 219 g/mol. The van der Waals surface area contributed by atoms with Crippen LogP contribution in [0.1, 0.15) is 20.3 Å². The first kappa shape index (κ1) is 12.9. The van der Waals surface area contributed by atoms with Gasteiger partial charge in [0.2, 0.25) is 0 Å². The van der Waals surface area contributed by atoms with Crippen LogP contribution >= 0.6 is 0 Å². The minimum absolute atomic E-state index is 0.241. The van der Waals surface area contributed by atoms with Gasteiger partial charge in [-0.2, -0.15) is 0 Å². The van der Waals surface area contributed by atoms with Gasteiger partial charge < -0.3 is 25.4 Å². The van der Waals surface area contributed by atoms with Gasteiger partial charge in [-0.05, 0) is 6.42 Å². The number of nitrogens with two attached hydrogens (primary N) is 1. The molecule has 1 aliphatic heterocycles. The Balaban J connectivity index is 2.57. The Kier molecular flexibility index (Phi) is 4.95. The van der Waals surface area contributed by atoms with Gasteiger partial charge in [0.25, 0.3) is 0 Å². The van der Waals surface area contributed by atoms with Crippen LogP contribution in [0, 0.1) is 5.92 Å². The van der Waals surface area contributed by atoms with E-state index in [1.54, 1.807) is 6.92 Å². The molecular weight excluding hydrogens is 198 g/mol. The highest BCUT2D eigenvalue weighted by atomic mass is 16.7. The molecule has 0 aromatic rings. The second-order valence-corrected chi connectivity index (χ2v) is 3.95. The zero-order chi connectivity index (χ0) is 11.4. The van der Waals surface area contributed by atoms with Gasteiger partial charge in [-0.15, -0.1) is 0 Å². The van der Waals surface area contributed by atoms with Crippen molar-refractivity contribution in [2.24, 2.45) is 11.7 Å². The Hall–Kier alpha value is -0.200. The molecule has 1 heterocycles. The van der Waals surface area contributed by atoms with Gasteiger partial charge in [-0.3, -0.25) is 0 Å². The Morgan fingerprint density at radius 3 is 2.53 bits per heavy atom. The maximum absolute atomic E-state index is 9.78. The summed E-state index contributed by atoms with van der Waals surface area (Å²) in [5.74, 6) is -0.241. The first-order valence-corrected chi connectivity index (χ1v) is 5.45. The van der Waals surface area contributed by atoms with Gasteiger partial charge >= 0.3 is 0 Å². The second-order valence-electron chi connectivity index (χ2n) is 3.95. The molecule has 0 radical (unpaired) electrons. The number of aliphatic hydroxyl groups excluding tert-OH is 2. The molecule has 5 unspecified atom stereocenters. The number of aliphatic hydroxyl groups is 2.